The van der Waals surface area contributed by atoms with Crippen LogP contribution in [-0.4, -0.2) is 22.5 Å². The van der Waals surface area contributed by atoms with Gasteiger partial charge in [0.05, 0.1) is 12.2 Å². The van der Waals surface area contributed by atoms with Crippen molar-refractivity contribution in [2.45, 2.75) is 26.7 Å². The predicted octanol–water partition coefficient (Wildman–Crippen LogP) is 4.10. The molecule has 2 rings (SSSR count). The second-order valence-corrected chi connectivity index (χ2v) is 5.08. The number of nitrogens with zero attached hydrogens (tertiary/aromatic N) is 2. The van der Waals surface area contributed by atoms with Crippen LogP contribution in [0.4, 0.5) is 11.5 Å². The monoisotopic (exact) mass is 305 g/mol. The summed E-state index contributed by atoms with van der Waals surface area (Å²) in [6.45, 7) is 4.48. The van der Waals surface area contributed by atoms with Crippen molar-refractivity contribution in [3.8, 4) is 5.88 Å². The SMILES string of the molecule is CCOc1ncnc(Nc2cccc(CCCCl)c2)c1C. The summed E-state index contributed by atoms with van der Waals surface area (Å²) < 4.78 is 5.49. The molecule has 1 aromatic heterocycles. The fraction of sp³-hybridized carbons (Fsp3) is 0.375. The summed E-state index contributed by atoms with van der Waals surface area (Å²) in [7, 11) is 0. The van der Waals surface area contributed by atoms with Crippen LogP contribution in [0.15, 0.2) is 30.6 Å². The minimum Gasteiger partial charge on any atom is -0.478 e. The number of benzene rings is 1. The number of ether oxygens (including phenoxy) is 1. The fourth-order valence-electron chi connectivity index (χ4n) is 2.05. The fourth-order valence-corrected chi connectivity index (χ4v) is 2.19. The van der Waals surface area contributed by atoms with Crippen LogP contribution >= 0.6 is 11.6 Å². The van der Waals surface area contributed by atoms with Gasteiger partial charge in [-0.3, -0.25) is 0 Å². The largest absolute Gasteiger partial charge is 0.478 e. The van der Waals surface area contributed by atoms with Gasteiger partial charge in [0, 0.05) is 11.6 Å². The molecule has 0 atom stereocenters. The lowest BCUT2D eigenvalue weighted by atomic mass is 10.1. The van der Waals surface area contributed by atoms with Crippen molar-refractivity contribution in [3.63, 3.8) is 0 Å². The average Bonchev–Trinajstić information content (AvgIpc) is 2.50. The zero-order chi connectivity index (χ0) is 15.1. The Bertz CT molecular complexity index is 589. The molecule has 4 nitrogen and oxygen atoms in total. The van der Waals surface area contributed by atoms with Crippen molar-refractivity contribution < 1.29 is 4.74 Å². The molecule has 0 spiro atoms. The first-order valence-electron chi connectivity index (χ1n) is 7.11. The molecule has 0 saturated carbocycles. The van der Waals surface area contributed by atoms with E-state index in [1.54, 1.807) is 0 Å². The maximum atomic E-state index is 5.74. The highest BCUT2D eigenvalue weighted by atomic mass is 35.5. The van der Waals surface area contributed by atoms with Crippen molar-refractivity contribution in [3.05, 3.63) is 41.7 Å². The van der Waals surface area contributed by atoms with E-state index >= 15 is 0 Å². The van der Waals surface area contributed by atoms with E-state index in [2.05, 4.69) is 27.4 Å². The number of hydrogen-bond acceptors (Lipinski definition) is 4. The molecule has 2 aromatic rings. The third-order valence-corrected chi connectivity index (χ3v) is 3.37. The molecule has 0 amide bonds. The zero-order valence-corrected chi connectivity index (χ0v) is 13.2. The molecule has 0 saturated heterocycles. The molecule has 112 valence electrons. The van der Waals surface area contributed by atoms with Crippen molar-refractivity contribution in [2.75, 3.05) is 17.8 Å². The quantitative estimate of drug-likeness (QED) is 0.782. The molecule has 0 aliphatic carbocycles. The Balaban J connectivity index is 2.16. The summed E-state index contributed by atoms with van der Waals surface area (Å²) in [6.07, 6.45) is 3.47. The van der Waals surface area contributed by atoms with Crippen molar-refractivity contribution >= 4 is 23.1 Å². The molecular formula is C16H20ClN3O. The van der Waals surface area contributed by atoms with Crippen molar-refractivity contribution in [1.29, 1.82) is 0 Å². The van der Waals surface area contributed by atoms with Gasteiger partial charge >= 0.3 is 0 Å². The normalized spacial score (nSPS) is 10.4. The number of nitrogens with one attached hydrogen (secondary N) is 1. The van der Waals surface area contributed by atoms with Crippen molar-refractivity contribution in [2.24, 2.45) is 0 Å². The van der Waals surface area contributed by atoms with Crippen LogP contribution in [0.2, 0.25) is 0 Å². The van der Waals surface area contributed by atoms with Gasteiger partial charge in [0.1, 0.15) is 12.1 Å². The number of alkyl halides is 1. The molecule has 0 fully saturated rings. The second kappa shape index (κ2) is 7.84. The topological polar surface area (TPSA) is 47.0 Å². The maximum Gasteiger partial charge on any atom is 0.221 e. The highest BCUT2D eigenvalue weighted by molar-refractivity contribution is 6.17. The van der Waals surface area contributed by atoms with Gasteiger partial charge in [-0.25, -0.2) is 9.97 Å². The molecule has 1 heterocycles. The van der Waals surface area contributed by atoms with Crippen LogP contribution < -0.4 is 10.1 Å². The Labute approximate surface area is 130 Å². The molecule has 0 aliphatic heterocycles. The minimum absolute atomic E-state index is 0.588. The third kappa shape index (κ3) is 4.33. The van der Waals surface area contributed by atoms with Gasteiger partial charge in [0.25, 0.3) is 0 Å². The number of rotatable bonds is 7. The summed E-state index contributed by atoms with van der Waals surface area (Å²) >= 11 is 5.74. The summed E-state index contributed by atoms with van der Waals surface area (Å²) in [5.41, 5.74) is 3.18. The third-order valence-electron chi connectivity index (χ3n) is 3.11. The van der Waals surface area contributed by atoms with Crippen LogP contribution in [-0.2, 0) is 6.42 Å². The van der Waals surface area contributed by atoms with E-state index < -0.39 is 0 Å². The van der Waals surface area contributed by atoms with Crippen LogP contribution in [0.1, 0.15) is 24.5 Å². The number of halogens is 1. The van der Waals surface area contributed by atoms with Gasteiger partial charge in [-0.15, -0.1) is 11.6 Å². The number of aromatic nitrogens is 2. The van der Waals surface area contributed by atoms with E-state index in [0.717, 1.165) is 29.9 Å². The molecular weight excluding hydrogens is 286 g/mol. The van der Waals surface area contributed by atoms with Gasteiger partial charge in [0.2, 0.25) is 5.88 Å². The van der Waals surface area contributed by atoms with Crippen LogP contribution in [0.25, 0.3) is 0 Å². The lowest BCUT2D eigenvalue weighted by molar-refractivity contribution is 0.324. The smallest absolute Gasteiger partial charge is 0.221 e. The molecule has 0 unspecified atom stereocenters. The first-order chi connectivity index (χ1) is 10.2. The van der Waals surface area contributed by atoms with Crippen LogP contribution in [0.3, 0.4) is 0 Å². The van der Waals surface area contributed by atoms with Crippen LogP contribution in [0.5, 0.6) is 5.88 Å². The number of anilines is 2. The lowest BCUT2D eigenvalue weighted by Gasteiger charge is -2.12. The van der Waals surface area contributed by atoms with E-state index in [1.807, 2.05) is 26.0 Å². The Morgan fingerprint density at radius 2 is 2.14 bits per heavy atom. The predicted molar refractivity (Wildman–Crippen MR) is 86.7 cm³/mol. The van der Waals surface area contributed by atoms with E-state index in [-0.39, 0.29) is 0 Å². The first kappa shape index (κ1) is 15.6. The molecule has 5 heteroatoms. The van der Waals surface area contributed by atoms with E-state index in [9.17, 15) is 0 Å². The van der Waals surface area contributed by atoms with Gasteiger partial charge in [-0.2, -0.15) is 0 Å². The first-order valence-corrected chi connectivity index (χ1v) is 7.64. The van der Waals surface area contributed by atoms with Gasteiger partial charge in [-0.1, -0.05) is 12.1 Å². The van der Waals surface area contributed by atoms with E-state index in [1.165, 1.54) is 11.9 Å². The lowest BCUT2D eigenvalue weighted by Crippen LogP contribution is -2.03. The average molecular weight is 306 g/mol. The standard InChI is InChI=1S/C16H20ClN3O/c1-3-21-16-12(2)15(18-11-19-16)20-14-8-4-6-13(10-14)7-5-9-17/h4,6,8,10-11H,3,5,7,9H2,1-2H3,(H,18,19,20). The minimum atomic E-state index is 0.588. The summed E-state index contributed by atoms with van der Waals surface area (Å²) in [4.78, 5) is 8.43. The maximum absolute atomic E-state index is 5.74. The number of aryl methyl sites for hydroxylation is 1. The highest BCUT2D eigenvalue weighted by Gasteiger charge is 2.08. The van der Waals surface area contributed by atoms with Gasteiger partial charge in [0.15, 0.2) is 0 Å². The molecule has 0 radical (unpaired) electrons. The van der Waals surface area contributed by atoms with Gasteiger partial charge in [-0.05, 0) is 44.4 Å². The van der Waals surface area contributed by atoms with Crippen LogP contribution in [0, 0.1) is 6.92 Å². The van der Waals surface area contributed by atoms with Gasteiger partial charge < -0.3 is 10.1 Å². The summed E-state index contributed by atoms with van der Waals surface area (Å²) in [6, 6.07) is 8.28. The highest BCUT2D eigenvalue weighted by Crippen LogP contribution is 2.24. The Kier molecular flexibility index (Phi) is 5.81. The van der Waals surface area contributed by atoms with Crippen molar-refractivity contribution in [1.82, 2.24) is 9.97 Å². The second-order valence-electron chi connectivity index (χ2n) is 4.70. The Morgan fingerprint density at radius 3 is 2.90 bits per heavy atom. The summed E-state index contributed by atoms with van der Waals surface area (Å²) in [5.74, 6) is 2.07. The number of hydrogen-bond donors (Lipinski definition) is 1. The molecule has 0 bridgehead atoms. The molecule has 1 aromatic carbocycles. The molecule has 1 N–H and O–H groups in total. The Morgan fingerprint density at radius 1 is 1.29 bits per heavy atom. The molecule has 0 aliphatic rings. The summed E-state index contributed by atoms with van der Waals surface area (Å²) in [5, 5.41) is 3.32. The molecule has 21 heavy (non-hydrogen) atoms. The zero-order valence-electron chi connectivity index (χ0n) is 12.4. The van der Waals surface area contributed by atoms with E-state index in [0.29, 0.717) is 18.4 Å². The van der Waals surface area contributed by atoms with E-state index in [4.69, 9.17) is 16.3 Å². The Hall–Kier alpha value is -1.81.